The van der Waals surface area contributed by atoms with Crippen LogP contribution >= 0.6 is 27.5 Å². The van der Waals surface area contributed by atoms with Crippen molar-refractivity contribution in [1.82, 2.24) is 0 Å². The van der Waals surface area contributed by atoms with E-state index in [1.165, 1.54) is 0 Å². The molecular weight excluding hydrogens is 289 g/mol. The zero-order chi connectivity index (χ0) is 10.2. The molecule has 0 radical (unpaired) electrons. The third-order valence-electron chi connectivity index (χ3n) is 1.24. The third kappa shape index (κ3) is 2.38. The summed E-state index contributed by atoms with van der Waals surface area (Å²) in [5.74, 6) is -1.18. The van der Waals surface area contributed by atoms with E-state index < -0.39 is 20.9 Å². The average Bonchev–Trinajstić information content (AvgIpc) is 1.94. The van der Waals surface area contributed by atoms with Gasteiger partial charge in [-0.15, -0.1) is 3.89 Å². The fourth-order valence-corrected chi connectivity index (χ4v) is 1.79. The number of hydrogen-bond acceptors (Lipinski definition) is 2. The summed E-state index contributed by atoms with van der Waals surface area (Å²) in [5, 5.41) is -0.0716. The first-order chi connectivity index (χ1) is 5.82. The molecule has 0 aromatic heterocycles. The molecule has 1 aromatic carbocycles. The van der Waals surface area contributed by atoms with Crippen LogP contribution in [0.15, 0.2) is 21.5 Å². The number of benzene rings is 1. The van der Waals surface area contributed by atoms with Crippen molar-refractivity contribution < 1.29 is 16.7 Å². The standard InChI is InChI=1S/C6H2BrClF2O2S/c7-3-1-5(9)6(2-4(3)8)13(10,11)12/h1-2H. The van der Waals surface area contributed by atoms with E-state index >= 15 is 0 Å². The van der Waals surface area contributed by atoms with Gasteiger partial charge in [0, 0.05) is 4.47 Å². The summed E-state index contributed by atoms with van der Waals surface area (Å²) in [4.78, 5) is -1.05. The smallest absolute Gasteiger partial charge is 0.205 e. The molecule has 7 heteroatoms. The van der Waals surface area contributed by atoms with Crippen molar-refractivity contribution in [2.24, 2.45) is 0 Å². The Morgan fingerprint density at radius 2 is 1.92 bits per heavy atom. The van der Waals surface area contributed by atoms with Gasteiger partial charge in [0.05, 0.1) is 5.02 Å². The molecule has 0 saturated heterocycles. The summed E-state index contributed by atoms with van der Waals surface area (Å²) >= 11 is 8.30. The summed E-state index contributed by atoms with van der Waals surface area (Å²) in [7, 11) is -5.05. The van der Waals surface area contributed by atoms with Gasteiger partial charge in [-0.1, -0.05) is 11.6 Å². The molecule has 0 saturated carbocycles. The molecule has 1 aromatic rings. The molecule has 0 bridgehead atoms. The number of halogens is 4. The largest absolute Gasteiger partial charge is 0.335 e. The lowest BCUT2D eigenvalue weighted by atomic mass is 10.3. The monoisotopic (exact) mass is 290 g/mol. The molecular formula is C6H2BrClF2O2S. The van der Waals surface area contributed by atoms with Crippen molar-refractivity contribution in [2.45, 2.75) is 4.90 Å². The van der Waals surface area contributed by atoms with Crippen molar-refractivity contribution in [3.8, 4) is 0 Å². The van der Waals surface area contributed by atoms with Gasteiger partial charge in [0.25, 0.3) is 0 Å². The molecule has 0 atom stereocenters. The molecule has 0 aliphatic rings. The van der Waals surface area contributed by atoms with Crippen molar-refractivity contribution in [1.29, 1.82) is 0 Å². The van der Waals surface area contributed by atoms with Crippen LogP contribution < -0.4 is 0 Å². The van der Waals surface area contributed by atoms with E-state index in [9.17, 15) is 16.7 Å². The third-order valence-corrected chi connectivity index (χ3v) is 3.27. The Hall–Kier alpha value is -0.200. The normalized spacial score (nSPS) is 11.7. The predicted octanol–water partition coefficient (Wildman–Crippen LogP) is 2.90. The minimum atomic E-state index is -5.05. The highest BCUT2D eigenvalue weighted by Gasteiger charge is 2.19. The molecule has 1 rings (SSSR count). The first-order valence-electron chi connectivity index (χ1n) is 2.91. The Morgan fingerprint density at radius 3 is 2.38 bits per heavy atom. The second kappa shape index (κ2) is 3.51. The topological polar surface area (TPSA) is 34.1 Å². The summed E-state index contributed by atoms with van der Waals surface area (Å²) in [6.45, 7) is 0. The van der Waals surface area contributed by atoms with Gasteiger partial charge in [0.15, 0.2) is 0 Å². The van der Waals surface area contributed by atoms with Crippen LogP contribution in [0.3, 0.4) is 0 Å². The molecule has 0 heterocycles. The molecule has 2 nitrogen and oxygen atoms in total. The highest BCUT2D eigenvalue weighted by atomic mass is 79.9. The van der Waals surface area contributed by atoms with Crippen molar-refractivity contribution >= 4 is 37.8 Å². The molecule has 0 fully saturated rings. The number of rotatable bonds is 1. The van der Waals surface area contributed by atoms with Gasteiger partial charge in [-0.25, -0.2) is 4.39 Å². The van der Waals surface area contributed by atoms with E-state index in [1.54, 1.807) is 0 Å². The van der Waals surface area contributed by atoms with Crippen LogP contribution in [-0.2, 0) is 10.2 Å². The SMILES string of the molecule is O=S(=O)(F)c1cc(Cl)c(Br)cc1F. The lowest BCUT2D eigenvalue weighted by Crippen LogP contribution is -1.96. The van der Waals surface area contributed by atoms with Crippen molar-refractivity contribution in [3.05, 3.63) is 27.4 Å². The number of hydrogen-bond donors (Lipinski definition) is 0. The average molecular weight is 292 g/mol. The minimum absolute atomic E-state index is 0.0716. The Kier molecular flexibility index (Phi) is 2.94. The van der Waals surface area contributed by atoms with Crippen LogP contribution in [0.1, 0.15) is 0 Å². The van der Waals surface area contributed by atoms with E-state index in [4.69, 9.17) is 11.6 Å². The molecule has 0 N–H and O–H groups in total. The fraction of sp³-hybridized carbons (Fsp3) is 0. The minimum Gasteiger partial charge on any atom is -0.205 e. The van der Waals surface area contributed by atoms with Gasteiger partial charge in [0.1, 0.15) is 10.7 Å². The summed E-state index contributed by atoms with van der Waals surface area (Å²) in [6, 6.07) is 1.49. The Bertz CT molecular complexity index is 446. The van der Waals surface area contributed by atoms with Crippen LogP contribution in [0.4, 0.5) is 8.28 Å². The van der Waals surface area contributed by atoms with E-state index in [2.05, 4.69) is 15.9 Å². The van der Waals surface area contributed by atoms with E-state index in [1.807, 2.05) is 0 Å². The first-order valence-corrected chi connectivity index (χ1v) is 5.47. The van der Waals surface area contributed by atoms with Crippen LogP contribution in [0, 0.1) is 5.82 Å². The summed E-state index contributed by atoms with van der Waals surface area (Å²) in [5.41, 5.74) is 0. The highest BCUT2D eigenvalue weighted by molar-refractivity contribution is 9.10. The Balaban J connectivity index is 3.50. The molecule has 13 heavy (non-hydrogen) atoms. The second-order valence-electron chi connectivity index (χ2n) is 2.13. The fourth-order valence-electron chi connectivity index (χ4n) is 0.691. The summed E-state index contributed by atoms with van der Waals surface area (Å²) in [6.07, 6.45) is 0. The van der Waals surface area contributed by atoms with Gasteiger partial charge < -0.3 is 0 Å². The maximum absolute atomic E-state index is 12.8. The lowest BCUT2D eigenvalue weighted by Gasteiger charge is -2.00. The first kappa shape index (κ1) is 10.9. The van der Waals surface area contributed by atoms with Gasteiger partial charge in [-0.05, 0) is 28.1 Å². The van der Waals surface area contributed by atoms with Gasteiger partial charge in [0.2, 0.25) is 0 Å². The zero-order valence-electron chi connectivity index (χ0n) is 5.89. The quantitative estimate of drug-likeness (QED) is 0.589. The van der Waals surface area contributed by atoms with Crippen LogP contribution in [0.5, 0.6) is 0 Å². The molecule has 72 valence electrons. The van der Waals surface area contributed by atoms with Crippen LogP contribution in [-0.4, -0.2) is 8.42 Å². The van der Waals surface area contributed by atoms with E-state index in [0.29, 0.717) is 6.07 Å². The highest BCUT2D eigenvalue weighted by Crippen LogP contribution is 2.28. The Morgan fingerprint density at radius 1 is 1.38 bits per heavy atom. The van der Waals surface area contributed by atoms with E-state index in [-0.39, 0.29) is 9.50 Å². The summed E-state index contributed by atoms with van der Waals surface area (Å²) < 4.78 is 46.0. The molecule has 0 spiro atoms. The zero-order valence-corrected chi connectivity index (χ0v) is 9.05. The molecule has 0 aliphatic carbocycles. The second-order valence-corrected chi connectivity index (χ2v) is 4.71. The maximum Gasteiger partial charge on any atom is 0.335 e. The van der Waals surface area contributed by atoms with Crippen LogP contribution in [0.25, 0.3) is 0 Å². The van der Waals surface area contributed by atoms with Crippen molar-refractivity contribution in [3.63, 3.8) is 0 Å². The molecule has 0 aliphatic heterocycles. The van der Waals surface area contributed by atoms with Crippen molar-refractivity contribution in [2.75, 3.05) is 0 Å². The molecule has 0 amide bonds. The molecule has 0 unspecified atom stereocenters. The van der Waals surface area contributed by atoms with Gasteiger partial charge >= 0.3 is 10.2 Å². The predicted molar refractivity (Wildman–Crippen MR) is 47.4 cm³/mol. The Labute approximate surface area is 86.9 Å². The van der Waals surface area contributed by atoms with Gasteiger partial charge in [-0.2, -0.15) is 8.42 Å². The van der Waals surface area contributed by atoms with Gasteiger partial charge in [-0.3, -0.25) is 0 Å². The lowest BCUT2D eigenvalue weighted by molar-refractivity contribution is 0.533. The maximum atomic E-state index is 12.8. The van der Waals surface area contributed by atoms with Crippen LogP contribution in [0.2, 0.25) is 5.02 Å². The van der Waals surface area contributed by atoms with E-state index in [0.717, 1.165) is 6.07 Å².